The summed E-state index contributed by atoms with van der Waals surface area (Å²) >= 11 is 5.89. The number of carbonyl (C=O) groups excluding carboxylic acids is 1. The standard InChI is InChI=1S/C20H19ClN4O2/c1-13-11-14(2)23-20(22-13)25-24-19(26)17-5-3-4-6-18(17)27-12-15-7-9-16(21)10-8-15/h3-11H,12H2,1-2H3,(H,24,26)(H,22,23,25). The van der Waals surface area contributed by atoms with Crippen LogP contribution in [0.15, 0.2) is 54.6 Å². The van der Waals surface area contributed by atoms with Crippen molar-refractivity contribution < 1.29 is 9.53 Å². The molecule has 0 spiro atoms. The van der Waals surface area contributed by atoms with Crippen LogP contribution in [0.5, 0.6) is 5.75 Å². The zero-order valence-corrected chi connectivity index (χ0v) is 15.7. The number of ether oxygens (including phenoxy) is 1. The lowest BCUT2D eigenvalue weighted by Gasteiger charge is -2.12. The van der Waals surface area contributed by atoms with Crippen molar-refractivity contribution in [1.82, 2.24) is 15.4 Å². The predicted octanol–water partition coefficient (Wildman–Crippen LogP) is 4.08. The van der Waals surface area contributed by atoms with Gasteiger partial charge in [0, 0.05) is 16.4 Å². The summed E-state index contributed by atoms with van der Waals surface area (Å²) in [5.41, 5.74) is 8.33. The summed E-state index contributed by atoms with van der Waals surface area (Å²) < 4.78 is 5.81. The van der Waals surface area contributed by atoms with Gasteiger partial charge in [-0.1, -0.05) is 35.9 Å². The highest BCUT2D eigenvalue weighted by Gasteiger charge is 2.12. The van der Waals surface area contributed by atoms with E-state index >= 15 is 0 Å². The predicted molar refractivity (Wildman–Crippen MR) is 105 cm³/mol. The number of aryl methyl sites for hydroxylation is 2. The Bertz CT molecular complexity index is 925. The van der Waals surface area contributed by atoms with E-state index in [0.29, 0.717) is 28.9 Å². The largest absolute Gasteiger partial charge is 0.488 e. The quantitative estimate of drug-likeness (QED) is 0.628. The van der Waals surface area contributed by atoms with Crippen molar-refractivity contribution >= 4 is 23.5 Å². The summed E-state index contributed by atoms with van der Waals surface area (Å²) in [4.78, 5) is 21.0. The lowest BCUT2D eigenvalue weighted by atomic mass is 10.2. The summed E-state index contributed by atoms with van der Waals surface area (Å²) in [7, 11) is 0. The van der Waals surface area contributed by atoms with E-state index in [-0.39, 0.29) is 5.91 Å². The molecule has 0 unspecified atom stereocenters. The number of hydrazine groups is 1. The molecule has 6 nitrogen and oxygen atoms in total. The Hall–Kier alpha value is -3.12. The first-order valence-corrected chi connectivity index (χ1v) is 8.74. The maximum absolute atomic E-state index is 12.5. The number of rotatable bonds is 6. The number of hydrogen-bond acceptors (Lipinski definition) is 5. The van der Waals surface area contributed by atoms with Gasteiger partial charge in [-0.3, -0.25) is 15.6 Å². The van der Waals surface area contributed by atoms with E-state index in [0.717, 1.165) is 17.0 Å². The van der Waals surface area contributed by atoms with Gasteiger partial charge in [0.1, 0.15) is 12.4 Å². The van der Waals surface area contributed by atoms with Crippen LogP contribution in [0.2, 0.25) is 5.02 Å². The SMILES string of the molecule is Cc1cc(C)nc(NNC(=O)c2ccccc2OCc2ccc(Cl)cc2)n1. The van der Waals surface area contributed by atoms with Gasteiger partial charge in [-0.25, -0.2) is 9.97 Å². The summed E-state index contributed by atoms with van der Waals surface area (Å²) in [6.07, 6.45) is 0. The normalized spacial score (nSPS) is 10.3. The smallest absolute Gasteiger partial charge is 0.273 e. The van der Waals surface area contributed by atoms with Gasteiger partial charge in [0.25, 0.3) is 5.91 Å². The van der Waals surface area contributed by atoms with Crippen LogP contribution in [-0.4, -0.2) is 15.9 Å². The van der Waals surface area contributed by atoms with E-state index in [4.69, 9.17) is 16.3 Å². The highest BCUT2D eigenvalue weighted by Crippen LogP contribution is 2.20. The summed E-state index contributed by atoms with van der Waals surface area (Å²) in [5.74, 6) is 0.470. The van der Waals surface area contributed by atoms with Crippen LogP contribution in [-0.2, 0) is 6.61 Å². The van der Waals surface area contributed by atoms with Crippen molar-refractivity contribution in [3.8, 4) is 5.75 Å². The first-order chi connectivity index (χ1) is 13.0. The second-order valence-corrected chi connectivity index (χ2v) is 6.40. The van der Waals surface area contributed by atoms with Crippen molar-refractivity contribution in [2.24, 2.45) is 0 Å². The molecule has 0 aliphatic carbocycles. The molecule has 1 aromatic heterocycles. The molecule has 3 rings (SSSR count). The number of benzene rings is 2. The molecule has 0 fully saturated rings. The van der Waals surface area contributed by atoms with Gasteiger partial charge in [0.2, 0.25) is 5.95 Å². The van der Waals surface area contributed by atoms with Crippen LogP contribution < -0.4 is 15.6 Å². The molecule has 2 N–H and O–H groups in total. The maximum atomic E-state index is 12.5. The number of para-hydroxylation sites is 1. The average Bonchev–Trinajstić information content (AvgIpc) is 2.65. The number of nitrogens with one attached hydrogen (secondary N) is 2. The molecule has 138 valence electrons. The monoisotopic (exact) mass is 382 g/mol. The Labute approximate surface area is 162 Å². The number of halogens is 1. The number of hydrogen-bond donors (Lipinski definition) is 2. The van der Waals surface area contributed by atoms with Gasteiger partial charge < -0.3 is 4.74 Å². The van der Waals surface area contributed by atoms with Crippen LogP contribution in [0.1, 0.15) is 27.3 Å². The lowest BCUT2D eigenvalue weighted by Crippen LogP contribution is -2.30. The van der Waals surface area contributed by atoms with Gasteiger partial charge >= 0.3 is 0 Å². The molecule has 0 aliphatic heterocycles. The van der Waals surface area contributed by atoms with Gasteiger partial charge in [0.05, 0.1) is 5.56 Å². The molecule has 0 saturated heterocycles. The highest BCUT2D eigenvalue weighted by molar-refractivity contribution is 6.30. The third-order valence-electron chi connectivity index (χ3n) is 3.71. The topological polar surface area (TPSA) is 76.1 Å². The minimum atomic E-state index is -0.343. The minimum absolute atomic E-state index is 0.328. The highest BCUT2D eigenvalue weighted by atomic mass is 35.5. The fourth-order valence-electron chi connectivity index (χ4n) is 2.48. The van der Waals surface area contributed by atoms with E-state index < -0.39 is 0 Å². The fourth-order valence-corrected chi connectivity index (χ4v) is 2.61. The summed E-state index contributed by atoms with van der Waals surface area (Å²) in [6.45, 7) is 4.05. The zero-order chi connectivity index (χ0) is 19.2. The molecule has 27 heavy (non-hydrogen) atoms. The molecule has 0 saturated carbocycles. The molecule has 1 heterocycles. The van der Waals surface area contributed by atoms with Gasteiger partial charge in [-0.05, 0) is 49.7 Å². The Balaban J connectivity index is 1.66. The van der Waals surface area contributed by atoms with Crippen molar-refractivity contribution in [2.45, 2.75) is 20.5 Å². The third kappa shape index (κ3) is 5.18. The maximum Gasteiger partial charge on any atom is 0.273 e. The third-order valence-corrected chi connectivity index (χ3v) is 3.96. The Kier molecular flexibility index (Phi) is 5.88. The Morgan fingerprint density at radius 1 is 1.04 bits per heavy atom. The van der Waals surface area contributed by atoms with Crippen LogP contribution in [0.25, 0.3) is 0 Å². The van der Waals surface area contributed by atoms with Gasteiger partial charge in [0.15, 0.2) is 0 Å². The number of amides is 1. The van der Waals surface area contributed by atoms with Crippen LogP contribution in [0.4, 0.5) is 5.95 Å². The van der Waals surface area contributed by atoms with Crippen molar-refractivity contribution in [1.29, 1.82) is 0 Å². The Morgan fingerprint density at radius 3 is 2.41 bits per heavy atom. The minimum Gasteiger partial charge on any atom is -0.488 e. The van der Waals surface area contributed by atoms with Crippen LogP contribution in [0.3, 0.4) is 0 Å². The van der Waals surface area contributed by atoms with E-state index in [1.54, 1.807) is 30.3 Å². The van der Waals surface area contributed by atoms with Crippen LogP contribution in [0, 0.1) is 13.8 Å². The molecule has 0 bridgehead atoms. The lowest BCUT2D eigenvalue weighted by molar-refractivity contribution is 0.0957. The first-order valence-electron chi connectivity index (χ1n) is 8.36. The molecule has 0 atom stereocenters. The number of carbonyl (C=O) groups is 1. The molecule has 2 aromatic carbocycles. The number of nitrogens with zero attached hydrogens (tertiary/aromatic N) is 2. The fraction of sp³-hybridized carbons (Fsp3) is 0.150. The van der Waals surface area contributed by atoms with Crippen LogP contribution >= 0.6 is 11.6 Å². The number of aromatic nitrogens is 2. The number of anilines is 1. The zero-order valence-electron chi connectivity index (χ0n) is 15.0. The Morgan fingerprint density at radius 2 is 1.70 bits per heavy atom. The molecule has 3 aromatic rings. The first kappa shape index (κ1) is 18.7. The van der Waals surface area contributed by atoms with E-state index in [1.165, 1.54) is 0 Å². The molecular formula is C20H19ClN4O2. The van der Waals surface area contributed by atoms with Gasteiger partial charge in [-0.2, -0.15) is 0 Å². The van der Waals surface area contributed by atoms with E-state index in [1.807, 2.05) is 38.1 Å². The molecule has 0 aliphatic rings. The second kappa shape index (κ2) is 8.51. The summed E-state index contributed by atoms with van der Waals surface area (Å²) in [6, 6.07) is 16.2. The van der Waals surface area contributed by atoms with Crippen molar-refractivity contribution in [3.63, 3.8) is 0 Å². The second-order valence-electron chi connectivity index (χ2n) is 5.96. The average molecular weight is 383 g/mol. The van der Waals surface area contributed by atoms with Crippen molar-refractivity contribution in [2.75, 3.05) is 5.43 Å². The molecule has 7 heteroatoms. The molecule has 0 radical (unpaired) electrons. The summed E-state index contributed by atoms with van der Waals surface area (Å²) in [5, 5.41) is 0.665. The van der Waals surface area contributed by atoms with Crippen molar-refractivity contribution in [3.05, 3.63) is 82.1 Å². The van der Waals surface area contributed by atoms with E-state index in [9.17, 15) is 4.79 Å². The van der Waals surface area contributed by atoms with Gasteiger partial charge in [-0.15, -0.1) is 0 Å². The molecule has 1 amide bonds. The van der Waals surface area contributed by atoms with E-state index in [2.05, 4.69) is 20.8 Å². The molecular weight excluding hydrogens is 364 g/mol.